The molecule has 1 heterocycles. The fourth-order valence-corrected chi connectivity index (χ4v) is 2.94. The summed E-state index contributed by atoms with van der Waals surface area (Å²) in [4.78, 5) is 15.5. The first-order chi connectivity index (χ1) is 9.58. The lowest BCUT2D eigenvalue weighted by molar-refractivity contribution is 0.103. The van der Waals surface area contributed by atoms with Crippen LogP contribution in [-0.2, 0) is 0 Å². The van der Waals surface area contributed by atoms with Crippen LogP contribution in [0.3, 0.4) is 0 Å². The van der Waals surface area contributed by atoms with Crippen LogP contribution in [0.25, 0.3) is 10.9 Å². The van der Waals surface area contributed by atoms with E-state index in [0.717, 1.165) is 5.56 Å². The quantitative estimate of drug-likeness (QED) is 0.683. The SMILES string of the molecule is Cc1ccc(C(=O)c2c[nH]c3cccc(F)c23)c(Br)c1. The molecule has 0 atom stereocenters. The number of benzene rings is 2. The second-order valence-electron chi connectivity index (χ2n) is 4.68. The zero-order valence-corrected chi connectivity index (χ0v) is 12.3. The molecule has 3 aromatic rings. The monoisotopic (exact) mass is 331 g/mol. The highest BCUT2D eigenvalue weighted by molar-refractivity contribution is 9.10. The van der Waals surface area contributed by atoms with Crippen molar-refractivity contribution in [3.8, 4) is 0 Å². The predicted molar refractivity (Wildman–Crippen MR) is 80.6 cm³/mol. The van der Waals surface area contributed by atoms with Crippen molar-refractivity contribution < 1.29 is 9.18 Å². The zero-order chi connectivity index (χ0) is 14.3. The van der Waals surface area contributed by atoms with Gasteiger partial charge in [-0.1, -0.05) is 28.1 Å². The number of hydrogen-bond donors (Lipinski definition) is 1. The van der Waals surface area contributed by atoms with Gasteiger partial charge in [0.2, 0.25) is 0 Å². The fraction of sp³-hybridized carbons (Fsp3) is 0.0625. The molecule has 0 aliphatic rings. The molecule has 20 heavy (non-hydrogen) atoms. The van der Waals surface area contributed by atoms with Gasteiger partial charge in [-0.25, -0.2) is 4.39 Å². The molecular formula is C16H11BrFNO. The Kier molecular flexibility index (Phi) is 3.18. The Balaban J connectivity index is 2.18. The first-order valence-electron chi connectivity index (χ1n) is 6.14. The molecule has 0 saturated carbocycles. The number of aromatic nitrogens is 1. The second-order valence-corrected chi connectivity index (χ2v) is 5.53. The van der Waals surface area contributed by atoms with Gasteiger partial charge in [0.05, 0.1) is 5.56 Å². The van der Waals surface area contributed by atoms with Crippen LogP contribution in [0.5, 0.6) is 0 Å². The Morgan fingerprint density at radius 1 is 1.20 bits per heavy atom. The lowest BCUT2D eigenvalue weighted by Crippen LogP contribution is -2.02. The van der Waals surface area contributed by atoms with Crippen LogP contribution < -0.4 is 0 Å². The van der Waals surface area contributed by atoms with E-state index >= 15 is 0 Å². The molecule has 1 N–H and O–H groups in total. The van der Waals surface area contributed by atoms with Gasteiger partial charge in [-0.2, -0.15) is 0 Å². The topological polar surface area (TPSA) is 32.9 Å². The average Bonchev–Trinajstić information content (AvgIpc) is 2.83. The Hall–Kier alpha value is -1.94. The third-order valence-electron chi connectivity index (χ3n) is 3.27. The van der Waals surface area contributed by atoms with E-state index < -0.39 is 5.82 Å². The van der Waals surface area contributed by atoms with Crippen molar-refractivity contribution in [2.75, 3.05) is 0 Å². The minimum Gasteiger partial charge on any atom is -0.360 e. The van der Waals surface area contributed by atoms with Gasteiger partial charge in [0, 0.05) is 27.1 Å². The molecule has 4 heteroatoms. The van der Waals surface area contributed by atoms with Crippen molar-refractivity contribution in [2.24, 2.45) is 0 Å². The van der Waals surface area contributed by atoms with Crippen LogP contribution in [0.15, 0.2) is 47.1 Å². The summed E-state index contributed by atoms with van der Waals surface area (Å²) in [6.45, 7) is 1.95. The first-order valence-corrected chi connectivity index (χ1v) is 6.93. The number of carbonyl (C=O) groups is 1. The highest BCUT2D eigenvalue weighted by atomic mass is 79.9. The van der Waals surface area contributed by atoms with E-state index in [2.05, 4.69) is 20.9 Å². The molecule has 0 unspecified atom stereocenters. The van der Waals surface area contributed by atoms with Gasteiger partial charge < -0.3 is 4.98 Å². The molecule has 3 rings (SSSR count). The van der Waals surface area contributed by atoms with Crippen LogP contribution >= 0.6 is 15.9 Å². The summed E-state index contributed by atoms with van der Waals surface area (Å²) in [7, 11) is 0. The lowest BCUT2D eigenvalue weighted by Gasteiger charge is -2.04. The van der Waals surface area contributed by atoms with Crippen LogP contribution in [0, 0.1) is 12.7 Å². The summed E-state index contributed by atoms with van der Waals surface area (Å²) in [6.07, 6.45) is 1.56. The number of nitrogens with one attached hydrogen (secondary N) is 1. The van der Waals surface area contributed by atoms with E-state index in [1.54, 1.807) is 24.4 Å². The van der Waals surface area contributed by atoms with Crippen molar-refractivity contribution in [2.45, 2.75) is 6.92 Å². The van der Waals surface area contributed by atoms with Crippen molar-refractivity contribution in [3.63, 3.8) is 0 Å². The number of ketones is 1. The summed E-state index contributed by atoms with van der Waals surface area (Å²) in [5.41, 5.74) is 2.55. The normalized spacial score (nSPS) is 10.9. The fourth-order valence-electron chi connectivity index (χ4n) is 2.27. The van der Waals surface area contributed by atoms with E-state index in [1.165, 1.54) is 6.07 Å². The molecule has 2 nitrogen and oxygen atoms in total. The Bertz CT molecular complexity index is 822. The lowest BCUT2D eigenvalue weighted by atomic mass is 10.0. The van der Waals surface area contributed by atoms with Crippen molar-refractivity contribution in [3.05, 3.63) is 69.6 Å². The van der Waals surface area contributed by atoms with Gasteiger partial charge in [-0.15, -0.1) is 0 Å². The molecular weight excluding hydrogens is 321 g/mol. The Morgan fingerprint density at radius 2 is 2.00 bits per heavy atom. The van der Waals surface area contributed by atoms with Crippen molar-refractivity contribution >= 4 is 32.6 Å². The van der Waals surface area contributed by atoms with E-state index in [9.17, 15) is 9.18 Å². The Labute approximate surface area is 123 Å². The Morgan fingerprint density at radius 3 is 2.75 bits per heavy atom. The maximum Gasteiger partial charge on any atom is 0.196 e. The minimum atomic E-state index is -0.393. The summed E-state index contributed by atoms with van der Waals surface area (Å²) in [5, 5.41) is 0.338. The van der Waals surface area contributed by atoms with Crippen molar-refractivity contribution in [1.29, 1.82) is 0 Å². The van der Waals surface area contributed by atoms with Gasteiger partial charge in [0.15, 0.2) is 5.78 Å². The van der Waals surface area contributed by atoms with E-state index in [0.29, 0.717) is 26.5 Å². The third kappa shape index (κ3) is 2.06. The molecule has 0 radical (unpaired) electrons. The number of fused-ring (bicyclic) bond motifs is 1. The molecule has 0 bridgehead atoms. The molecule has 0 amide bonds. The molecule has 2 aromatic carbocycles. The molecule has 0 saturated heterocycles. The van der Waals surface area contributed by atoms with Gasteiger partial charge in [0.25, 0.3) is 0 Å². The highest BCUT2D eigenvalue weighted by Gasteiger charge is 2.18. The van der Waals surface area contributed by atoms with Crippen molar-refractivity contribution in [1.82, 2.24) is 4.98 Å². The average molecular weight is 332 g/mol. The number of aromatic amines is 1. The standard InChI is InChI=1S/C16H11BrFNO/c1-9-5-6-10(12(17)7-9)16(20)11-8-19-14-4-2-3-13(18)15(11)14/h2-8,19H,1H3. The molecule has 0 aliphatic heterocycles. The van der Waals surface area contributed by atoms with Crippen LogP contribution in [0.1, 0.15) is 21.5 Å². The molecule has 0 fully saturated rings. The van der Waals surface area contributed by atoms with Gasteiger partial charge >= 0.3 is 0 Å². The van der Waals surface area contributed by atoms with Crippen LogP contribution in [0.2, 0.25) is 0 Å². The molecule has 0 spiro atoms. The van der Waals surface area contributed by atoms with Crippen LogP contribution in [-0.4, -0.2) is 10.8 Å². The largest absolute Gasteiger partial charge is 0.360 e. The number of halogens is 2. The molecule has 0 aliphatic carbocycles. The third-order valence-corrected chi connectivity index (χ3v) is 3.92. The summed E-state index contributed by atoms with van der Waals surface area (Å²) >= 11 is 3.39. The van der Waals surface area contributed by atoms with E-state index in [4.69, 9.17) is 0 Å². The van der Waals surface area contributed by atoms with Gasteiger partial charge in [-0.05, 0) is 36.8 Å². The molecule has 1 aromatic heterocycles. The number of aryl methyl sites for hydroxylation is 1. The van der Waals surface area contributed by atoms with E-state index in [1.807, 2.05) is 19.1 Å². The van der Waals surface area contributed by atoms with E-state index in [-0.39, 0.29) is 5.78 Å². The first kappa shape index (κ1) is 13.1. The maximum absolute atomic E-state index is 13.9. The molecule has 100 valence electrons. The zero-order valence-electron chi connectivity index (χ0n) is 10.7. The highest BCUT2D eigenvalue weighted by Crippen LogP contribution is 2.27. The maximum atomic E-state index is 13.9. The summed E-state index contributed by atoms with van der Waals surface area (Å²) in [5.74, 6) is -0.594. The number of H-pyrrole nitrogens is 1. The van der Waals surface area contributed by atoms with Gasteiger partial charge in [-0.3, -0.25) is 4.79 Å². The summed E-state index contributed by atoms with van der Waals surface area (Å²) in [6, 6.07) is 10.2. The number of hydrogen-bond acceptors (Lipinski definition) is 1. The number of carbonyl (C=O) groups excluding carboxylic acids is 1. The summed E-state index contributed by atoms with van der Waals surface area (Å²) < 4.78 is 14.7. The smallest absolute Gasteiger partial charge is 0.196 e. The number of rotatable bonds is 2. The van der Waals surface area contributed by atoms with Crippen LogP contribution in [0.4, 0.5) is 4.39 Å². The second kappa shape index (κ2) is 4.87. The predicted octanol–water partition coefficient (Wildman–Crippen LogP) is 4.61. The minimum absolute atomic E-state index is 0.201. The van der Waals surface area contributed by atoms with Gasteiger partial charge in [0.1, 0.15) is 5.82 Å².